The van der Waals surface area contributed by atoms with E-state index in [4.69, 9.17) is 0 Å². The number of aryl methyl sites for hydroxylation is 1. The normalized spacial score (nSPS) is 14.2. The lowest BCUT2D eigenvalue weighted by Crippen LogP contribution is -2.09. The van der Waals surface area contributed by atoms with Gasteiger partial charge in [0.2, 0.25) is 1.47 Å². The van der Waals surface area contributed by atoms with Crippen molar-refractivity contribution in [1.82, 2.24) is 0 Å². The minimum atomic E-state index is -1.16. The van der Waals surface area contributed by atoms with Gasteiger partial charge in [-0.15, -0.1) is 0 Å². The molecule has 0 saturated heterocycles. The Bertz CT molecular complexity index is 315. The highest BCUT2D eigenvalue weighted by Crippen LogP contribution is 2.40. The Morgan fingerprint density at radius 1 is 1.15 bits per heavy atom. The maximum Gasteiger partial charge on any atom is 0.213 e. The van der Waals surface area contributed by atoms with Crippen LogP contribution in [0.25, 0.3) is 0 Å². The fourth-order valence-corrected chi connectivity index (χ4v) is 3.13. The van der Waals surface area contributed by atoms with Gasteiger partial charge in [-0.25, -0.2) is 0 Å². The number of halogens is 3. The molecule has 1 atom stereocenters. The highest BCUT2D eigenvalue weighted by Gasteiger charge is 2.27. The number of hydrogen-bond donors (Lipinski definition) is 0. The van der Waals surface area contributed by atoms with Gasteiger partial charge in [0.1, 0.15) is 0 Å². The smallest absolute Gasteiger partial charge is 0.213 e. The Hall–Kier alpha value is 0.810. The summed E-state index contributed by atoms with van der Waals surface area (Å²) in [6, 6.07) is 7.58. The molecule has 0 N–H and O–H groups in total. The second-order valence-electron chi connectivity index (χ2n) is 2.53. The van der Waals surface area contributed by atoms with E-state index in [9.17, 15) is 4.21 Å². The highest BCUT2D eigenvalue weighted by atomic mass is 80.0. The number of rotatable bonds is 1. The van der Waals surface area contributed by atoms with E-state index in [0.717, 1.165) is 10.5 Å². The van der Waals surface area contributed by atoms with Crippen LogP contribution in [0.3, 0.4) is 0 Å². The highest BCUT2D eigenvalue weighted by molar-refractivity contribution is 9.42. The van der Waals surface area contributed by atoms with Crippen LogP contribution in [-0.2, 0) is 10.8 Å². The van der Waals surface area contributed by atoms with Crippen molar-refractivity contribution in [2.24, 2.45) is 0 Å². The first kappa shape index (κ1) is 11.9. The summed E-state index contributed by atoms with van der Waals surface area (Å²) in [6.07, 6.45) is 0. The summed E-state index contributed by atoms with van der Waals surface area (Å²) >= 11 is 9.70. The largest absolute Gasteiger partial charge is 0.251 e. The van der Waals surface area contributed by atoms with Crippen molar-refractivity contribution in [3.8, 4) is 0 Å². The molecular weight excluding hydrogens is 384 g/mol. The van der Waals surface area contributed by atoms with E-state index in [0.29, 0.717) is 0 Å². The molecule has 0 saturated carbocycles. The molecule has 13 heavy (non-hydrogen) atoms. The van der Waals surface area contributed by atoms with E-state index >= 15 is 0 Å². The number of hydrogen-bond acceptors (Lipinski definition) is 1. The zero-order chi connectivity index (χ0) is 10.1. The van der Waals surface area contributed by atoms with Gasteiger partial charge in [-0.2, -0.15) is 0 Å². The van der Waals surface area contributed by atoms with E-state index in [1.54, 1.807) is 0 Å². The first-order valence-corrected chi connectivity index (χ1v) is 6.99. The van der Waals surface area contributed by atoms with Crippen molar-refractivity contribution < 1.29 is 4.21 Å². The second kappa shape index (κ2) is 4.55. The predicted octanol–water partition coefficient (Wildman–Crippen LogP) is 3.90. The molecule has 0 spiro atoms. The molecular formula is C8H7Br3OS. The average Bonchev–Trinajstić information content (AvgIpc) is 2.03. The third-order valence-electron chi connectivity index (χ3n) is 1.45. The third kappa shape index (κ3) is 3.46. The van der Waals surface area contributed by atoms with Crippen LogP contribution in [-0.4, -0.2) is 5.68 Å². The summed E-state index contributed by atoms with van der Waals surface area (Å²) < 4.78 is 11.0. The Labute approximate surface area is 105 Å². The number of alkyl halides is 3. The maximum atomic E-state index is 11.7. The van der Waals surface area contributed by atoms with Crippen LogP contribution < -0.4 is 0 Å². The zero-order valence-electron chi connectivity index (χ0n) is 6.76. The Morgan fingerprint density at radius 2 is 1.62 bits per heavy atom. The molecule has 0 fully saturated rings. The third-order valence-corrected chi connectivity index (χ3v) is 5.21. The van der Waals surface area contributed by atoms with Gasteiger partial charge >= 0.3 is 0 Å². The summed E-state index contributed by atoms with van der Waals surface area (Å²) in [5, 5.41) is 0. The van der Waals surface area contributed by atoms with E-state index in [1.807, 2.05) is 31.2 Å². The van der Waals surface area contributed by atoms with Gasteiger partial charge in [-0.05, 0) is 66.8 Å². The second-order valence-corrected chi connectivity index (χ2v) is 12.5. The van der Waals surface area contributed by atoms with E-state index in [-0.39, 0.29) is 0 Å². The summed E-state index contributed by atoms with van der Waals surface area (Å²) in [5.41, 5.74) is 1.16. The van der Waals surface area contributed by atoms with Crippen LogP contribution >= 0.6 is 47.8 Å². The van der Waals surface area contributed by atoms with Crippen molar-refractivity contribution in [2.75, 3.05) is 0 Å². The van der Waals surface area contributed by atoms with Crippen molar-refractivity contribution >= 4 is 58.6 Å². The van der Waals surface area contributed by atoms with Crippen LogP contribution in [0.1, 0.15) is 5.56 Å². The molecule has 0 bridgehead atoms. The quantitative estimate of drug-likeness (QED) is 0.665. The molecule has 0 aromatic heterocycles. The monoisotopic (exact) mass is 388 g/mol. The minimum absolute atomic E-state index is 0.734. The summed E-state index contributed by atoms with van der Waals surface area (Å²) in [5.74, 6) is 0. The first-order chi connectivity index (χ1) is 5.91. The van der Waals surface area contributed by atoms with Crippen LogP contribution in [0, 0.1) is 6.92 Å². The van der Waals surface area contributed by atoms with Crippen LogP contribution in [0.4, 0.5) is 0 Å². The van der Waals surface area contributed by atoms with Crippen LogP contribution in [0.5, 0.6) is 0 Å². The fraction of sp³-hybridized carbons (Fsp3) is 0.250. The van der Waals surface area contributed by atoms with Crippen molar-refractivity contribution in [2.45, 2.75) is 13.3 Å². The van der Waals surface area contributed by atoms with Crippen LogP contribution in [0.2, 0.25) is 0 Å². The molecule has 0 radical (unpaired) electrons. The van der Waals surface area contributed by atoms with Gasteiger partial charge in [0.05, 0.1) is 10.8 Å². The van der Waals surface area contributed by atoms with Gasteiger partial charge < -0.3 is 0 Å². The molecule has 72 valence electrons. The summed E-state index contributed by atoms with van der Waals surface area (Å²) in [4.78, 5) is 0.774. The molecule has 0 aliphatic heterocycles. The summed E-state index contributed by atoms with van der Waals surface area (Å²) in [6.45, 7) is 2.00. The molecule has 1 nitrogen and oxygen atoms in total. The van der Waals surface area contributed by atoms with Crippen molar-refractivity contribution in [1.29, 1.82) is 0 Å². The molecule has 1 aromatic carbocycles. The van der Waals surface area contributed by atoms with Crippen molar-refractivity contribution in [3.05, 3.63) is 29.8 Å². The zero-order valence-corrected chi connectivity index (χ0v) is 12.3. The van der Waals surface area contributed by atoms with Gasteiger partial charge in [0.25, 0.3) is 0 Å². The van der Waals surface area contributed by atoms with E-state index in [2.05, 4.69) is 47.8 Å². The van der Waals surface area contributed by atoms with Gasteiger partial charge in [-0.3, -0.25) is 4.21 Å². The Morgan fingerprint density at radius 3 is 2.00 bits per heavy atom. The van der Waals surface area contributed by atoms with Crippen LogP contribution in [0.15, 0.2) is 29.2 Å². The molecule has 0 aliphatic rings. The van der Waals surface area contributed by atoms with Crippen molar-refractivity contribution in [3.63, 3.8) is 0 Å². The van der Waals surface area contributed by atoms with E-state index < -0.39 is 12.3 Å². The lowest BCUT2D eigenvalue weighted by molar-refractivity contribution is 0.685. The topological polar surface area (TPSA) is 17.1 Å². The minimum Gasteiger partial charge on any atom is -0.251 e. The van der Waals surface area contributed by atoms with Gasteiger partial charge in [-0.1, -0.05) is 17.7 Å². The molecule has 5 heteroatoms. The lowest BCUT2D eigenvalue weighted by Gasteiger charge is -2.11. The fourth-order valence-electron chi connectivity index (χ4n) is 0.795. The van der Waals surface area contributed by atoms with Gasteiger partial charge in [0, 0.05) is 4.90 Å². The van der Waals surface area contributed by atoms with E-state index in [1.165, 1.54) is 0 Å². The standard InChI is InChI=1S/C8H7Br3OS/c1-6-2-4-7(5-3-6)13(12)8(9,10)11/h2-5H,1H3. The molecule has 1 rings (SSSR count). The molecule has 0 aliphatic carbocycles. The average molecular weight is 391 g/mol. The first-order valence-electron chi connectivity index (χ1n) is 3.46. The molecule has 1 unspecified atom stereocenters. The maximum absolute atomic E-state index is 11.7. The molecule has 0 amide bonds. The number of benzene rings is 1. The predicted molar refractivity (Wildman–Crippen MR) is 67.1 cm³/mol. The molecule has 1 aromatic rings. The Balaban J connectivity index is 2.97. The van der Waals surface area contributed by atoms with Gasteiger partial charge in [0.15, 0.2) is 0 Å². The lowest BCUT2D eigenvalue weighted by atomic mass is 10.2. The summed E-state index contributed by atoms with van der Waals surface area (Å²) in [7, 11) is -1.16. The SMILES string of the molecule is Cc1ccc(S(=O)C(Br)(Br)Br)cc1. The molecule has 0 heterocycles. The Kier molecular flexibility index (Phi) is 4.16.